The Morgan fingerprint density at radius 1 is 1.04 bits per heavy atom. The third-order valence-corrected chi connectivity index (χ3v) is 5.88. The SMILES string of the molecule is CCNS(=O)(=O)c1ccc(C(=O)NNC(=O)CSc2ccccc2F)cc1. The Kier molecular flexibility index (Phi) is 7.34. The average molecular weight is 411 g/mol. The van der Waals surface area contributed by atoms with Crippen LogP contribution in [0.3, 0.4) is 0 Å². The number of nitrogens with one attached hydrogen (secondary N) is 3. The highest BCUT2D eigenvalue weighted by atomic mass is 32.2. The maximum Gasteiger partial charge on any atom is 0.269 e. The van der Waals surface area contributed by atoms with Crippen LogP contribution >= 0.6 is 11.8 Å². The maximum absolute atomic E-state index is 13.5. The molecule has 2 aromatic rings. The molecule has 2 aromatic carbocycles. The van der Waals surface area contributed by atoms with Crippen molar-refractivity contribution >= 4 is 33.6 Å². The molecule has 0 aliphatic carbocycles. The minimum absolute atomic E-state index is 0.0335. The van der Waals surface area contributed by atoms with Crippen molar-refractivity contribution in [2.24, 2.45) is 0 Å². The number of amides is 2. The van der Waals surface area contributed by atoms with Crippen molar-refractivity contribution in [3.8, 4) is 0 Å². The predicted octanol–water partition coefficient (Wildman–Crippen LogP) is 1.68. The number of hydrazine groups is 1. The van der Waals surface area contributed by atoms with Gasteiger partial charge in [0.2, 0.25) is 15.9 Å². The Labute approximate surface area is 160 Å². The average Bonchev–Trinajstić information content (AvgIpc) is 2.65. The molecule has 0 spiro atoms. The van der Waals surface area contributed by atoms with Crippen LogP contribution in [0.1, 0.15) is 17.3 Å². The first kappa shape index (κ1) is 20.9. The molecule has 2 amide bonds. The first-order valence-corrected chi connectivity index (χ1v) is 10.4. The lowest BCUT2D eigenvalue weighted by molar-refractivity contribution is -0.119. The van der Waals surface area contributed by atoms with Gasteiger partial charge in [0.25, 0.3) is 5.91 Å². The van der Waals surface area contributed by atoms with E-state index in [-0.39, 0.29) is 22.8 Å². The number of sulfonamides is 1. The van der Waals surface area contributed by atoms with Crippen molar-refractivity contribution in [1.82, 2.24) is 15.6 Å². The molecule has 144 valence electrons. The quantitative estimate of drug-likeness (QED) is 0.475. The minimum atomic E-state index is -3.60. The molecular weight excluding hydrogens is 393 g/mol. The fraction of sp³-hybridized carbons (Fsp3) is 0.176. The monoisotopic (exact) mass is 411 g/mol. The molecule has 3 N–H and O–H groups in total. The first-order valence-electron chi connectivity index (χ1n) is 7.89. The van der Waals surface area contributed by atoms with Gasteiger partial charge in [-0.2, -0.15) is 0 Å². The summed E-state index contributed by atoms with van der Waals surface area (Å²) in [6.07, 6.45) is 0. The fourth-order valence-electron chi connectivity index (χ4n) is 2.00. The van der Waals surface area contributed by atoms with E-state index in [1.54, 1.807) is 25.1 Å². The largest absolute Gasteiger partial charge is 0.272 e. The summed E-state index contributed by atoms with van der Waals surface area (Å²) in [6, 6.07) is 11.3. The summed E-state index contributed by atoms with van der Waals surface area (Å²) in [5, 5.41) is 0. The van der Waals surface area contributed by atoms with Crippen LogP contribution in [-0.4, -0.2) is 32.5 Å². The lowest BCUT2D eigenvalue weighted by Crippen LogP contribution is -2.42. The number of hydrogen-bond donors (Lipinski definition) is 3. The Bertz CT molecular complexity index is 918. The Balaban J connectivity index is 1.86. The van der Waals surface area contributed by atoms with Crippen LogP contribution in [0.25, 0.3) is 0 Å². The molecule has 27 heavy (non-hydrogen) atoms. The van der Waals surface area contributed by atoms with E-state index < -0.39 is 27.7 Å². The summed E-state index contributed by atoms with van der Waals surface area (Å²) in [7, 11) is -3.60. The highest BCUT2D eigenvalue weighted by molar-refractivity contribution is 8.00. The first-order chi connectivity index (χ1) is 12.8. The number of carbonyl (C=O) groups is 2. The van der Waals surface area contributed by atoms with Crippen LogP contribution in [0.15, 0.2) is 58.3 Å². The van der Waals surface area contributed by atoms with Crippen LogP contribution in [-0.2, 0) is 14.8 Å². The van der Waals surface area contributed by atoms with Gasteiger partial charge in [-0.15, -0.1) is 11.8 Å². The number of halogens is 1. The predicted molar refractivity (Wildman–Crippen MR) is 100 cm³/mol. The molecule has 2 rings (SSSR count). The van der Waals surface area contributed by atoms with Crippen molar-refractivity contribution < 1.29 is 22.4 Å². The van der Waals surface area contributed by atoms with Crippen molar-refractivity contribution in [3.05, 3.63) is 59.9 Å². The van der Waals surface area contributed by atoms with Gasteiger partial charge in [-0.05, 0) is 36.4 Å². The smallest absolute Gasteiger partial charge is 0.269 e. The van der Waals surface area contributed by atoms with Gasteiger partial charge >= 0.3 is 0 Å². The molecule has 0 saturated carbocycles. The fourth-order valence-corrected chi connectivity index (χ4v) is 3.78. The second-order valence-electron chi connectivity index (χ2n) is 5.25. The van der Waals surface area contributed by atoms with Crippen molar-refractivity contribution in [2.45, 2.75) is 16.7 Å². The molecule has 0 aliphatic rings. The highest BCUT2D eigenvalue weighted by Crippen LogP contribution is 2.20. The van der Waals surface area contributed by atoms with Gasteiger partial charge in [-0.3, -0.25) is 20.4 Å². The van der Waals surface area contributed by atoms with E-state index in [1.165, 1.54) is 30.3 Å². The third-order valence-electron chi connectivity index (χ3n) is 3.27. The molecule has 0 heterocycles. The van der Waals surface area contributed by atoms with Gasteiger partial charge in [0, 0.05) is 17.0 Å². The van der Waals surface area contributed by atoms with E-state index in [1.807, 2.05) is 0 Å². The summed E-state index contributed by atoms with van der Waals surface area (Å²) < 4.78 is 39.5. The van der Waals surface area contributed by atoms with Gasteiger partial charge in [0.1, 0.15) is 5.82 Å². The maximum atomic E-state index is 13.5. The number of benzene rings is 2. The van der Waals surface area contributed by atoms with Crippen LogP contribution in [0.4, 0.5) is 4.39 Å². The Morgan fingerprint density at radius 2 is 1.70 bits per heavy atom. The minimum Gasteiger partial charge on any atom is -0.272 e. The summed E-state index contributed by atoms with van der Waals surface area (Å²) in [6.45, 7) is 1.91. The molecule has 0 radical (unpaired) electrons. The molecule has 10 heteroatoms. The van der Waals surface area contributed by atoms with Crippen LogP contribution < -0.4 is 15.6 Å². The number of rotatable bonds is 7. The standard InChI is InChI=1S/C17H18FN3O4S2/c1-2-19-27(24,25)13-9-7-12(8-10-13)17(23)21-20-16(22)11-26-15-6-4-3-5-14(15)18/h3-10,19H,2,11H2,1H3,(H,20,22)(H,21,23). The normalized spacial score (nSPS) is 11.0. The van der Waals surface area contributed by atoms with E-state index in [0.29, 0.717) is 4.90 Å². The zero-order valence-electron chi connectivity index (χ0n) is 14.4. The van der Waals surface area contributed by atoms with Gasteiger partial charge < -0.3 is 0 Å². The van der Waals surface area contributed by atoms with E-state index >= 15 is 0 Å². The zero-order chi connectivity index (χ0) is 19.9. The molecule has 7 nitrogen and oxygen atoms in total. The molecule has 0 aromatic heterocycles. The summed E-state index contributed by atoms with van der Waals surface area (Å²) in [5.41, 5.74) is 4.62. The van der Waals surface area contributed by atoms with Crippen LogP contribution in [0, 0.1) is 5.82 Å². The Morgan fingerprint density at radius 3 is 2.33 bits per heavy atom. The second kappa shape index (κ2) is 9.49. The van der Waals surface area contributed by atoms with E-state index in [4.69, 9.17) is 0 Å². The lowest BCUT2D eigenvalue weighted by Gasteiger charge is -2.09. The van der Waals surface area contributed by atoms with Crippen LogP contribution in [0.2, 0.25) is 0 Å². The molecule has 0 fully saturated rings. The summed E-state index contributed by atoms with van der Waals surface area (Å²) in [5.74, 6) is -1.62. The second-order valence-corrected chi connectivity index (χ2v) is 8.03. The topological polar surface area (TPSA) is 104 Å². The molecule has 0 atom stereocenters. The summed E-state index contributed by atoms with van der Waals surface area (Å²) in [4.78, 5) is 24.1. The molecule has 0 bridgehead atoms. The van der Waals surface area contributed by atoms with E-state index in [0.717, 1.165) is 11.8 Å². The van der Waals surface area contributed by atoms with Crippen molar-refractivity contribution in [3.63, 3.8) is 0 Å². The third kappa shape index (κ3) is 6.05. The zero-order valence-corrected chi connectivity index (χ0v) is 16.0. The number of carbonyl (C=O) groups excluding carboxylic acids is 2. The van der Waals surface area contributed by atoms with Gasteiger partial charge in [0.15, 0.2) is 0 Å². The van der Waals surface area contributed by atoms with E-state index in [2.05, 4.69) is 15.6 Å². The van der Waals surface area contributed by atoms with Gasteiger partial charge in [-0.25, -0.2) is 17.5 Å². The van der Waals surface area contributed by atoms with E-state index in [9.17, 15) is 22.4 Å². The van der Waals surface area contributed by atoms with Crippen LogP contribution in [0.5, 0.6) is 0 Å². The van der Waals surface area contributed by atoms with Gasteiger partial charge in [-0.1, -0.05) is 19.1 Å². The molecule has 0 aliphatic heterocycles. The molecule has 0 unspecified atom stereocenters. The highest BCUT2D eigenvalue weighted by Gasteiger charge is 2.14. The lowest BCUT2D eigenvalue weighted by atomic mass is 10.2. The summed E-state index contributed by atoms with van der Waals surface area (Å²) >= 11 is 1.000. The van der Waals surface area contributed by atoms with Crippen molar-refractivity contribution in [1.29, 1.82) is 0 Å². The number of thioether (sulfide) groups is 1. The van der Waals surface area contributed by atoms with Gasteiger partial charge in [0.05, 0.1) is 10.6 Å². The van der Waals surface area contributed by atoms with Crippen molar-refractivity contribution in [2.75, 3.05) is 12.3 Å². The Hall–Kier alpha value is -2.43. The number of hydrogen-bond acceptors (Lipinski definition) is 5. The molecule has 0 saturated heterocycles. The molecular formula is C17H18FN3O4S2.